The topological polar surface area (TPSA) is 52.9 Å². The highest BCUT2D eigenvalue weighted by Gasteiger charge is 2.47. The number of halogens is 1. The van der Waals surface area contributed by atoms with E-state index in [2.05, 4.69) is 32.9 Å². The minimum absolute atomic E-state index is 0.260. The van der Waals surface area contributed by atoms with E-state index in [0.29, 0.717) is 11.3 Å². The molecule has 114 valence electrons. The second-order valence-corrected chi connectivity index (χ2v) is 6.02. The van der Waals surface area contributed by atoms with E-state index < -0.39 is 11.5 Å². The Balaban J connectivity index is 1.92. The maximum Gasteiger partial charge on any atom is 0.298 e. The molecule has 23 heavy (non-hydrogen) atoms. The van der Waals surface area contributed by atoms with Gasteiger partial charge in [-0.3, -0.25) is 4.79 Å². The summed E-state index contributed by atoms with van der Waals surface area (Å²) in [6.45, 7) is 1.59. The lowest BCUT2D eigenvalue weighted by atomic mass is 9.98. The van der Waals surface area contributed by atoms with Crippen molar-refractivity contribution in [3.8, 4) is 11.8 Å². The zero-order valence-corrected chi connectivity index (χ0v) is 13.9. The molecule has 1 atom stereocenters. The number of rotatable bonds is 1. The Bertz CT molecular complexity index is 835. The van der Waals surface area contributed by atoms with Crippen molar-refractivity contribution in [3.63, 3.8) is 0 Å². The summed E-state index contributed by atoms with van der Waals surface area (Å²) in [6.07, 6.45) is 0. The number of carbonyl (C=O) groups excluding carboxylic acids is 1. The summed E-state index contributed by atoms with van der Waals surface area (Å²) in [5, 5.41) is 16.0. The fourth-order valence-corrected chi connectivity index (χ4v) is 2.42. The molecule has 1 aliphatic rings. The van der Waals surface area contributed by atoms with E-state index in [0.717, 1.165) is 4.47 Å². The van der Waals surface area contributed by atoms with Gasteiger partial charge < -0.3 is 5.11 Å². The van der Waals surface area contributed by atoms with Crippen LogP contribution in [-0.4, -0.2) is 22.3 Å². The van der Waals surface area contributed by atoms with Crippen LogP contribution >= 0.6 is 15.9 Å². The molecule has 4 nitrogen and oxygen atoms in total. The molecule has 5 heteroatoms. The Kier molecular flexibility index (Phi) is 4.03. The van der Waals surface area contributed by atoms with Crippen molar-refractivity contribution < 1.29 is 9.90 Å². The van der Waals surface area contributed by atoms with Crippen molar-refractivity contribution in [2.75, 3.05) is 5.01 Å². The van der Waals surface area contributed by atoms with E-state index in [4.69, 9.17) is 0 Å². The van der Waals surface area contributed by atoms with Gasteiger partial charge in [-0.1, -0.05) is 40.0 Å². The summed E-state index contributed by atoms with van der Waals surface area (Å²) in [5.41, 5.74) is -0.335. The van der Waals surface area contributed by atoms with Gasteiger partial charge >= 0.3 is 0 Å². The highest BCUT2D eigenvalue weighted by atomic mass is 79.9. The van der Waals surface area contributed by atoms with Crippen molar-refractivity contribution in [2.45, 2.75) is 12.5 Å². The van der Waals surface area contributed by atoms with Crippen LogP contribution in [0.15, 0.2) is 64.2 Å². The van der Waals surface area contributed by atoms with Gasteiger partial charge in [-0.05, 0) is 49.2 Å². The molecule has 1 N–H and O–H groups in total. The number of hydrogen-bond acceptors (Lipinski definition) is 3. The third kappa shape index (κ3) is 2.91. The van der Waals surface area contributed by atoms with Crippen LogP contribution in [0, 0.1) is 11.8 Å². The number of anilines is 1. The van der Waals surface area contributed by atoms with E-state index in [1.54, 1.807) is 43.3 Å². The zero-order valence-electron chi connectivity index (χ0n) is 12.3. The first-order valence-electron chi connectivity index (χ1n) is 6.97. The van der Waals surface area contributed by atoms with Crippen LogP contribution < -0.4 is 5.01 Å². The molecule has 3 rings (SSSR count). The number of amides is 1. The molecule has 2 aromatic rings. The van der Waals surface area contributed by atoms with Crippen LogP contribution in [-0.2, 0) is 4.79 Å². The largest absolute Gasteiger partial charge is 0.365 e. The molecule has 0 aliphatic carbocycles. The van der Waals surface area contributed by atoms with Crippen molar-refractivity contribution in [2.24, 2.45) is 5.10 Å². The van der Waals surface area contributed by atoms with Gasteiger partial charge in [0.15, 0.2) is 0 Å². The van der Waals surface area contributed by atoms with Crippen LogP contribution in [0.3, 0.4) is 0 Å². The maximum atomic E-state index is 12.6. The first kappa shape index (κ1) is 15.5. The second kappa shape index (κ2) is 5.99. The Hall–Kier alpha value is -2.42. The van der Waals surface area contributed by atoms with Crippen LogP contribution in [0.2, 0.25) is 0 Å². The summed E-state index contributed by atoms with van der Waals surface area (Å²) < 4.78 is 0.937. The molecule has 1 aliphatic heterocycles. The fourth-order valence-electron chi connectivity index (χ4n) is 2.16. The predicted octanol–water partition coefficient (Wildman–Crippen LogP) is 2.95. The number of benzene rings is 2. The second-order valence-electron chi connectivity index (χ2n) is 5.11. The van der Waals surface area contributed by atoms with E-state index >= 15 is 0 Å². The lowest BCUT2D eigenvalue weighted by Gasteiger charge is -2.16. The molecular formula is C18H13BrN2O2. The summed E-state index contributed by atoms with van der Waals surface area (Å²) in [5.74, 6) is 4.94. The Morgan fingerprint density at radius 3 is 2.43 bits per heavy atom. The standard InChI is InChI=1S/C18H13BrN2O2/c1-13-18(23,12-11-14-7-9-15(19)10-8-14)17(22)21(20-13)16-5-3-2-4-6-16/h2-10,23H,1H3. The lowest BCUT2D eigenvalue weighted by molar-refractivity contribution is -0.126. The molecular weight excluding hydrogens is 356 g/mol. The Morgan fingerprint density at radius 2 is 1.78 bits per heavy atom. The number of para-hydroxylation sites is 1. The predicted molar refractivity (Wildman–Crippen MR) is 93.0 cm³/mol. The van der Waals surface area contributed by atoms with Crippen LogP contribution in [0.5, 0.6) is 0 Å². The number of carbonyl (C=O) groups is 1. The molecule has 1 amide bonds. The third-order valence-corrected chi connectivity index (χ3v) is 4.04. The van der Waals surface area contributed by atoms with Gasteiger partial charge in [-0.25, -0.2) is 0 Å². The number of hydrogen-bond donors (Lipinski definition) is 1. The van der Waals surface area contributed by atoms with Gasteiger partial charge in [0.1, 0.15) is 0 Å². The van der Waals surface area contributed by atoms with Crippen LogP contribution in [0.25, 0.3) is 0 Å². The lowest BCUT2D eigenvalue weighted by Crippen LogP contribution is -2.44. The van der Waals surface area contributed by atoms with Gasteiger partial charge in [0.2, 0.25) is 5.60 Å². The first-order chi connectivity index (χ1) is 11.0. The number of hydrazone groups is 1. The molecule has 0 saturated heterocycles. The van der Waals surface area contributed by atoms with Crippen LogP contribution in [0.4, 0.5) is 5.69 Å². The van der Waals surface area contributed by atoms with E-state index in [1.807, 2.05) is 18.2 Å². The SMILES string of the molecule is CC1=NN(c2ccccc2)C(=O)C1(O)C#Cc1ccc(Br)cc1. The molecule has 0 aromatic heterocycles. The van der Waals surface area contributed by atoms with E-state index in [-0.39, 0.29) is 5.71 Å². The minimum atomic E-state index is -1.90. The first-order valence-corrected chi connectivity index (χ1v) is 7.76. The fraction of sp³-hybridized carbons (Fsp3) is 0.111. The van der Waals surface area contributed by atoms with Gasteiger partial charge in [0.05, 0.1) is 11.4 Å². The number of nitrogens with zero attached hydrogens (tertiary/aromatic N) is 2. The Labute approximate surface area is 142 Å². The van der Waals surface area contributed by atoms with E-state index in [9.17, 15) is 9.90 Å². The summed E-state index contributed by atoms with van der Waals surface area (Å²) in [7, 11) is 0. The molecule has 0 radical (unpaired) electrons. The average Bonchev–Trinajstić information content (AvgIpc) is 2.80. The maximum absolute atomic E-state index is 12.6. The quantitative estimate of drug-likeness (QED) is 0.786. The monoisotopic (exact) mass is 368 g/mol. The molecule has 0 bridgehead atoms. The molecule has 0 spiro atoms. The molecule has 2 aromatic carbocycles. The Morgan fingerprint density at radius 1 is 1.13 bits per heavy atom. The van der Waals surface area contributed by atoms with Gasteiger partial charge in [-0.2, -0.15) is 10.1 Å². The van der Waals surface area contributed by atoms with E-state index in [1.165, 1.54) is 5.01 Å². The molecule has 1 unspecified atom stereocenters. The molecule has 0 fully saturated rings. The molecule has 1 heterocycles. The smallest absolute Gasteiger partial charge is 0.298 e. The van der Waals surface area contributed by atoms with Crippen molar-refractivity contribution in [1.29, 1.82) is 0 Å². The van der Waals surface area contributed by atoms with Gasteiger partial charge in [0.25, 0.3) is 5.91 Å². The highest BCUT2D eigenvalue weighted by Crippen LogP contribution is 2.26. The van der Waals surface area contributed by atoms with Gasteiger partial charge in [0, 0.05) is 10.0 Å². The van der Waals surface area contributed by atoms with Gasteiger partial charge in [-0.15, -0.1) is 0 Å². The minimum Gasteiger partial charge on any atom is -0.365 e. The normalized spacial score (nSPS) is 20.0. The van der Waals surface area contributed by atoms with Crippen molar-refractivity contribution in [3.05, 3.63) is 64.6 Å². The third-order valence-electron chi connectivity index (χ3n) is 3.51. The van der Waals surface area contributed by atoms with Crippen molar-refractivity contribution in [1.82, 2.24) is 0 Å². The molecule has 0 saturated carbocycles. The summed E-state index contributed by atoms with van der Waals surface area (Å²) in [4.78, 5) is 12.6. The zero-order chi connectivity index (χ0) is 16.4. The summed E-state index contributed by atoms with van der Waals surface area (Å²) >= 11 is 3.35. The highest BCUT2D eigenvalue weighted by molar-refractivity contribution is 9.10. The number of aliphatic hydroxyl groups is 1. The average molecular weight is 369 g/mol. The summed E-state index contributed by atoms with van der Waals surface area (Å²) in [6, 6.07) is 16.3. The van der Waals surface area contributed by atoms with Crippen molar-refractivity contribution >= 4 is 33.2 Å². The van der Waals surface area contributed by atoms with Crippen LogP contribution in [0.1, 0.15) is 12.5 Å².